The molecule has 1 saturated heterocycles. The molecule has 0 aromatic carbocycles. The van der Waals surface area contributed by atoms with E-state index in [1.165, 1.54) is 7.11 Å². The van der Waals surface area contributed by atoms with Crippen LogP contribution in [0.4, 0.5) is 4.79 Å². The average molecular weight is 287 g/mol. The number of aliphatic hydroxyl groups excluding tert-OH is 1. The Hall–Kier alpha value is -1.30. The first-order valence-electron chi connectivity index (χ1n) is 6.92. The summed E-state index contributed by atoms with van der Waals surface area (Å²) in [6.45, 7) is 6.48. The summed E-state index contributed by atoms with van der Waals surface area (Å²) >= 11 is 0. The fourth-order valence-corrected chi connectivity index (χ4v) is 2.44. The maximum Gasteiger partial charge on any atom is 0.410 e. The molecule has 116 valence electrons. The number of aliphatic hydroxyl groups is 1. The van der Waals surface area contributed by atoms with Crippen LogP contribution in [0.25, 0.3) is 0 Å². The van der Waals surface area contributed by atoms with Crippen LogP contribution in [0.2, 0.25) is 0 Å². The highest BCUT2D eigenvalue weighted by Gasteiger charge is 2.37. The van der Waals surface area contributed by atoms with Gasteiger partial charge in [-0.15, -0.1) is 0 Å². The number of likely N-dealkylation sites (tertiary alicyclic amines) is 1. The van der Waals surface area contributed by atoms with Gasteiger partial charge in [-0.25, -0.2) is 4.79 Å². The Labute approximate surface area is 120 Å². The van der Waals surface area contributed by atoms with Gasteiger partial charge in [-0.05, 0) is 39.0 Å². The maximum absolute atomic E-state index is 12.0. The highest BCUT2D eigenvalue weighted by Crippen LogP contribution is 2.30. The molecule has 6 heteroatoms. The van der Waals surface area contributed by atoms with Crippen molar-refractivity contribution in [3.63, 3.8) is 0 Å². The molecule has 1 fully saturated rings. The van der Waals surface area contributed by atoms with Gasteiger partial charge in [0, 0.05) is 19.7 Å². The van der Waals surface area contributed by atoms with Gasteiger partial charge in [0.25, 0.3) is 0 Å². The van der Waals surface area contributed by atoms with Gasteiger partial charge in [-0.3, -0.25) is 4.79 Å². The van der Waals surface area contributed by atoms with Crippen molar-refractivity contribution in [2.75, 3.05) is 26.8 Å². The van der Waals surface area contributed by atoms with Gasteiger partial charge in [-0.2, -0.15) is 0 Å². The Morgan fingerprint density at radius 1 is 1.25 bits per heavy atom. The summed E-state index contributed by atoms with van der Waals surface area (Å²) < 4.78 is 10.0. The van der Waals surface area contributed by atoms with Crippen LogP contribution in [-0.2, 0) is 14.3 Å². The molecule has 0 aliphatic carbocycles. The Morgan fingerprint density at radius 2 is 1.85 bits per heavy atom. The highest BCUT2D eigenvalue weighted by molar-refractivity contribution is 5.71. The first kappa shape index (κ1) is 16.8. The van der Waals surface area contributed by atoms with Gasteiger partial charge in [-0.1, -0.05) is 0 Å². The van der Waals surface area contributed by atoms with Gasteiger partial charge in [0.2, 0.25) is 0 Å². The quantitative estimate of drug-likeness (QED) is 0.791. The number of carbonyl (C=O) groups is 2. The zero-order chi connectivity index (χ0) is 15.3. The summed E-state index contributed by atoms with van der Waals surface area (Å²) in [5.41, 5.74) is -0.538. The normalized spacial score (nSPS) is 22.8. The second-order valence-electron chi connectivity index (χ2n) is 6.20. The molecule has 0 bridgehead atoms. The molecule has 1 N–H and O–H groups in total. The van der Waals surface area contributed by atoms with Gasteiger partial charge < -0.3 is 19.5 Å². The lowest BCUT2D eigenvalue weighted by Crippen LogP contribution is -2.35. The van der Waals surface area contributed by atoms with Crippen molar-refractivity contribution >= 4 is 12.1 Å². The van der Waals surface area contributed by atoms with E-state index in [0.717, 1.165) is 0 Å². The molecule has 2 atom stereocenters. The van der Waals surface area contributed by atoms with E-state index < -0.39 is 5.60 Å². The SMILES string of the molecule is COC(=O)CC1CN(C(=O)OC(C)(C)C)CC1CCO. The monoisotopic (exact) mass is 287 g/mol. The molecule has 0 saturated carbocycles. The van der Waals surface area contributed by atoms with Crippen LogP contribution in [-0.4, -0.2) is 54.5 Å². The fraction of sp³-hybridized carbons (Fsp3) is 0.857. The van der Waals surface area contributed by atoms with E-state index in [1.807, 2.05) is 20.8 Å². The van der Waals surface area contributed by atoms with Crippen LogP contribution in [0.3, 0.4) is 0 Å². The number of esters is 1. The predicted molar refractivity (Wildman–Crippen MR) is 73.1 cm³/mol. The lowest BCUT2D eigenvalue weighted by atomic mass is 9.90. The summed E-state index contributed by atoms with van der Waals surface area (Å²) in [7, 11) is 1.35. The summed E-state index contributed by atoms with van der Waals surface area (Å²) in [6, 6.07) is 0. The Morgan fingerprint density at radius 3 is 2.35 bits per heavy atom. The van der Waals surface area contributed by atoms with Crippen molar-refractivity contribution in [3.05, 3.63) is 0 Å². The topological polar surface area (TPSA) is 76.1 Å². The van der Waals surface area contributed by atoms with Crippen molar-refractivity contribution in [3.8, 4) is 0 Å². The van der Waals surface area contributed by atoms with Crippen LogP contribution < -0.4 is 0 Å². The molecule has 1 aliphatic rings. The van der Waals surface area contributed by atoms with E-state index in [9.17, 15) is 9.59 Å². The largest absolute Gasteiger partial charge is 0.469 e. The third-order valence-electron chi connectivity index (χ3n) is 3.38. The molecule has 1 heterocycles. The molecule has 0 aromatic rings. The summed E-state index contributed by atoms with van der Waals surface area (Å²) in [5.74, 6) is -0.169. The minimum absolute atomic E-state index is 0.0159. The van der Waals surface area contributed by atoms with E-state index in [1.54, 1.807) is 4.90 Å². The Balaban J connectivity index is 2.64. The summed E-state index contributed by atoms with van der Waals surface area (Å²) in [4.78, 5) is 25.1. The molecule has 1 rings (SSSR count). The Kier molecular flexibility index (Phi) is 5.80. The zero-order valence-corrected chi connectivity index (χ0v) is 12.7. The third kappa shape index (κ3) is 5.00. The fourth-order valence-electron chi connectivity index (χ4n) is 2.44. The van der Waals surface area contributed by atoms with Crippen LogP contribution >= 0.6 is 0 Å². The highest BCUT2D eigenvalue weighted by atomic mass is 16.6. The number of hydrogen-bond donors (Lipinski definition) is 1. The molecule has 0 radical (unpaired) electrons. The lowest BCUT2D eigenvalue weighted by Gasteiger charge is -2.24. The van der Waals surface area contributed by atoms with E-state index in [-0.39, 0.29) is 36.9 Å². The number of methoxy groups -OCH3 is 1. The molecule has 1 aliphatic heterocycles. The summed E-state index contributed by atoms with van der Waals surface area (Å²) in [5, 5.41) is 9.10. The molecule has 20 heavy (non-hydrogen) atoms. The molecule has 2 unspecified atom stereocenters. The number of amides is 1. The second-order valence-corrected chi connectivity index (χ2v) is 6.20. The smallest absolute Gasteiger partial charge is 0.410 e. The second kappa shape index (κ2) is 6.92. The first-order chi connectivity index (χ1) is 9.26. The van der Waals surface area contributed by atoms with E-state index in [0.29, 0.717) is 19.5 Å². The maximum atomic E-state index is 12.0. The van der Waals surface area contributed by atoms with E-state index in [2.05, 4.69) is 4.74 Å². The minimum atomic E-state index is -0.538. The summed E-state index contributed by atoms with van der Waals surface area (Å²) in [6.07, 6.45) is 0.467. The van der Waals surface area contributed by atoms with Gasteiger partial charge in [0.05, 0.1) is 13.5 Å². The zero-order valence-electron chi connectivity index (χ0n) is 12.7. The van der Waals surface area contributed by atoms with Crippen molar-refractivity contribution in [1.82, 2.24) is 4.90 Å². The van der Waals surface area contributed by atoms with E-state index >= 15 is 0 Å². The average Bonchev–Trinajstić information content (AvgIpc) is 2.71. The number of nitrogens with zero attached hydrogens (tertiary/aromatic N) is 1. The molecule has 1 amide bonds. The van der Waals surface area contributed by atoms with Crippen LogP contribution in [0.1, 0.15) is 33.6 Å². The third-order valence-corrected chi connectivity index (χ3v) is 3.38. The molecule has 0 aromatic heterocycles. The predicted octanol–water partition coefficient (Wildman–Crippen LogP) is 1.41. The lowest BCUT2D eigenvalue weighted by molar-refractivity contribution is -0.142. The van der Waals surface area contributed by atoms with Crippen LogP contribution in [0, 0.1) is 11.8 Å². The Bertz CT molecular complexity index is 350. The van der Waals surface area contributed by atoms with E-state index in [4.69, 9.17) is 9.84 Å². The van der Waals surface area contributed by atoms with Gasteiger partial charge in [0.1, 0.15) is 5.60 Å². The van der Waals surface area contributed by atoms with Crippen molar-refractivity contribution in [1.29, 1.82) is 0 Å². The molecular formula is C14H25NO5. The standard InChI is InChI=1S/C14H25NO5/c1-14(2,3)20-13(18)15-8-10(5-6-16)11(9-15)7-12(17)19-4/h10-11,16H,5-9H2,1-4H3. The first-order valence-corrected chi connectivity index (χ1v) is 6.92. The minimum Gasteiger partial charge on any atom is -0.469 e. The van der Waals surface area contributed by atoms with Crippen molar-refractivity contribution in [2.45, 2.75) is 39.2 Å². The molecule has 6 nitrogen and oxygen atoms in total. The van der Waals surface area contributed by atoms with Gasteiger partial charge >= 0.3 is 12.1 Å². The molecular weight excluding hydrogens is 262 g/mol. The van der Waals surface area contributed by atoms with Gasteiger partial charge in [0.15, 0.2) is 0 Å². The number of hydrogen-bond acceptors (Lipinski definition) is 5. The number of ether oxygens (including phenoxy) is 2. The van der Waals surface area contributed by atoms with Crippen LogP contribution in [0.5, 0.6) is 0 Å². The van der Waals surface area contributed by atoms with Crippen LogP contribution in [0.15, 0.2) is 0 Å². The number of rotatable bonds is 4. The number of carbonyl (C=O) groups excluding carboxylic acids is 2. The molecule has 0 spiro atoms. The van der Waals surface area contributed by atoms with Crippen molar-refractivity contribution in [2.24, 2.45) is 11.8 Å². The van der Waals surface area contributed by atoms with Crippen molar-refractivity contribution < 1.29 is 24.2 Å².